The average Bonchev–Trinajstić information content (AvgIpc) is 3.19. The van der Waals surface area contributed by atoms with Crippen LogP contribution in [0.1, 0.15) is 19.3 Å². The number of aliphatic carboxylic acids is 1. The number of carboxylic acids is 1. The quantitative estimate of drug-likeness (QED) is 0.935. The second-order valence-electron chi connectivity index (χ2n) is 5.91. The number of rotatable bonds is 3. The van der Waals surface area contributed by atoms with Crippen LogP contribution in [0.5, 0.6) is 0 Å². The molecule has 2 bridgehead atoms. The summed E-state index contributed by atoms with van der Waals surface area (Å²) < 4.78 is 32.8. The van der Waals surface area contributed by atoms with Gasteiger partial charge in [0.05, 0.1) is 12.2 Å². The highest BCUT2D eigenvalue weighted by atomic mass is 32.2. The van der Waals surface area contributed by atoms with Crippen molar-refractivity contribution < 1.29 is 22.7 Å². The summed E-state index contributed by atoms with van der Waals surface area (Å²) in [5.74, 6) is -1.52. The van der Waals surface area contributed by atoms with Crippen LogP contribution in [-0.2, 0) is 14.8 Å². The van der Waals surface area contributed by atoms with Crippen LogP contribution in [0.4, 0.5) is 0 Å². The molecule has 2 saturated heterocycles. The largest absolute Gasteiger partial charge is 0.481 e. The summed E-state index contributed by atoms with van der Waals surface area (Å²) >= 11 is 0. The molecule has 116 valence electrons. The van der Waals surface area contributed by atoms with E-state index in [4.69, 9.17) is 4.42 Å². The van der Waals surface area contributed by atoms with Crippen LogP contribution in [0.3, 0.4) is 0 Å². The first-order valence-electron chi connectivity index (χ1n) is 7.23. The van der Waals surface area contributed by atoms with E-state index in [-0.39, 0.29) is 10.9 Å². The number of carbonyl (C=O) groups is 1. The van der Waals surface area contributed by atoms with Gasteiger partial charge in [-0.25, -0.2) is 8.42 Å². The molecule has 1 aromatic carbocycles. The van der Waals surface area contributed by atoms with E-state index in [1.54, 1.807) is 18.2 Å². The van der Waals surface area contributed by atoms with Gasteiger partial charge in [0.1, 0.15) is 4.90 Å². The van der Waals surface area contributed by atoms with Gasteiger partial charge in [-0.3, -0.25) is 4.79 Å². The minimum Gasteiger partial charge on any atom is -0.481 e. The molecular formula is C15H15NO5S. The molecule has 6 nitrogen and oxygen atoms in total. The highest BCUT2D eigenvalue weighted by molar-refractivity contribution is 7.89. The van der Waals surface area contributed by atoms with Gasteiger partial charge in [-0.15, -0.1) is 0 Å². The van der Waals surface area contributed by atoms with Gasteiger partial charge in [-0.1, -0.05) is 12.1 Å². The monoisotopic (exact) mass is 321 g/mol. The molecule has 3 heterocycles. The van der Waals surface area contributed by atoms with Gasteiger partial charge >= 0.3 is 5.97 Å². The van der Waals surface area contributed by atoms with Crippen molar-refractivity contribution >= 4 is 27.0 Å². The maximum Gasteiger partial charge on any atom is 0.308 e. The maximum absolute atomic E-state index is 13.0. The van der Waals surface area contributed by atoms with E-state index < -0.39 is 28.0 Å². The summed E-state index contributed by atoms with van der Waals surface area (Å²) in [6, 6.07) is 6.04. The predicted molar refractivity (Wildman–Crippen MR) is 77.8 cm³/mol. The number of furan rings is 1. The van der Waals surface area contributed by atoms with E-state index in [2.05, 4.69) is 0 Å². The van der Waals surface area contributed by atoms with Crippen molar-refractivity contribution in [2.24, 2.45) is 5.92 Å². The second-order valence-corrected chi connectivity index (χ2v) is 7.72. The van der Waals surface area contributed by atoms with Crippen LogP contribution in [0, 0.1) is 5.92 Å². The molecule has 4 rings (SSSR count). The van der Waals surface area contributed by atoms with Crippen molar-refractivity contribution in [3.63, 3.8) is 0 Å². The topological polar surface area (TPSA) is 87.8 Å². The highest BCUT2D eigenvalue weighted by Crippen LogP contribution is 2.45. The molecule has 7 heteroatoms. The van der Waals surface area contributed by atoms with E-state index in [0.29, 0.717) is 18.4 Å². The Morgan fingerprint density at radius 2 is 2.09 bits per heavy atom. The molecule has 0 radical (unpaired) electrons. The number of para-hydroxylation sites is 1. The van der Waals surface area contributed by atoms with E-state index in [0.717, 1.165) is 11.8 Å². The molecule has 22 heavy (non-hydrogen) atoms. The predicted octanol–water partition coefficient (Wildman–Crippen LogP) is 2.06. The summed E-state index contributed by atoms with van der Waals surface area (Å²) in [5.41, 5.74) is 0.334. The van der Waals surface area contributed by atoms with E-state index in [1.807, 2.05) is 0 Å². The minimum absolute atomic E-state index is 0.123. The van der Waals surface area contributed by atoms with Crippen LogP contribution in [0.25, 0.3) is 11.0 Å². The third kappa shape index (κ3) is 1.75. The molecule has 2 aromatic rings. The van der Waals surface area contributed by atoms with Crippen molar-refractivity contribution in [1.29, 1.82) is 0 Å². The Hall–Kier alpha value is -1.86. The van der Waals surface area contributed by atoms with E-state index >= 15 is 0 Å². The molecular weight excluding hydrogens is 306 g/mol. The van der Waals surface area contributed by atoms with E-state index in [9.17, 15) is 18.3 Å². The van der Waals surface area contributed by atoms with Gasteiger partial charge in [0.25, 0.3) is 0 Å². The van der Waals surface area contributed by atoms with Gasteiger partial charge in [0.2, 0.25) is 10.0 Å². The lowest BCUT2D eigenvalue weighted by atomic mass is 9.89. The Bertz CT molecular complexity index is 856. The number of benzene rings is 1. The molecule has 0 amide bonds. The van der Waals surface area contributed by atoms with Crippen molar-refractivity contribution in [2.75, 3.05) is 0 Å². The SMILES string of the molecule is O=C(O)C1CC2CCC1N2S(=O)(=O)c1cccc2ccoc12. The molecule has 1 N–H and O–H groups in total. The number of nitrogens with zero attached hydrogens (tertiary/aromatic N) is 1. The summed E-state index contributed by atoms with van der Waals surface area (Å²) in [6.07, 6.45) is 3.19. The van der Waals surface area contributed by atoms with Crippen molar-refractivity contribution in [3.8, 4) is 0 Å². The first-order valence-corrected chi connectivity index (χ1v) is 8.67. The molecule has 0 aliphatic carbocycles. The molecule has 2 fully saturated rings. The summed E-state index contributed by atoms with van der Waals surface area (Å²) in [4.78, 5) is 11.5. The van der Waals surface area contributed by atoms with Gasteiger partial charge in [0, 0.05) is 17.5 Å². The maximum atomic E-state index is 13.0. The number of carboxylic acid groups (broad SMARTS) is 1. The third-order valence-electron chi connectivity index (χ3n) is 4.79. The normalized spacial score (nSPS) is 28.5. The van der Waals surface area contributed by atoms with Gasteiger partial charge in [-0.05, 0) is 31.4 Å². The fourth-order valence-electron chi connectivity index (χ4n) is 3.86. The fraction of sp³-hybridized carbons (Fsp3) is 0.400. The van der Waals surface area contributed by atoms with Crippen LogP contribution in [0.15, 0.2) is 39.8 Å². The molecule has 1 aromatic heterocycles. The van der Waals surface area contributed by atoms with Crippen LogP contribution in [0.2, 0.25) is 0 Å². The Labute approximate surface area is 127 Å². The average molecular weight is 321 g/mol. The van der Waals surface area contributed by atoms with Crippen molar-refractivity contribution in [1.82, 2.24) is 4.31 Å². The smallest absolute Gasteiger partial charge is 0.308 e. The van der Waals surface area contributed by atoms with Crippen molar-refractivity contribution in [3.05, 3.63) is 30.5 Å². The summed E-state index contributed by atoms with van der Waals surface area (Å²) in [5, 5.41) is 10.0. The lowest BCUT2D eigenvalue weighted by Gasteiger charge is -2.22. The second kappa shape index (κ2) is 4.57. The Balaban J connectivity index is 1.82. The summed E-state index contributed by atoms with van der Waals surface area (Å²) in [7, 11) is -3.76. The van der Waals surface area contributed by atoms with Gasteiger partial charge in [-0.2, -0.15) is 4.31 Å². The first kappa shape index (κ1) is 13.8. The minimum atomic E-state index is -3.76. The summed E-state index contributed by atoms with van der Waals surface area (Å²) in [6.45, 7) is 0. The molecule has 2 aliphatic heterocycles. The molecule has 0 spiro atoms. The van der Waals surface area contributed by atoms with Crippen molar-refractivity contribution in [2.45, 2.75) is 36.2 Å². The van der Waals surface area contributed by atoms with Crippen LogP contribution in [-0.4, -0.2) is 35.9 Å². The Morgan fingerprint density at radius 1 is 1.27 bits per heavy atom. The lowest BCUT2D eigenvalue weighted by molar-refractivity contribution is -0.142. The zero-order valence-electron chi connectivity index (χ0n) is 11.7. The zero-order chi connectivity index (χ0) is 15.5. The Morgan fingerprint density at radius 3 is 2.82 bits per heavy atom. The van der Waals surface area contributed by atoms with Crippen LogP contribution >= 0.6 is 0 Å². The number of hydrogen-bond donors (Lipinski definition) is 1. The van der Waals surface area contributed by atoms with Crippen LogP contribution < -0.4 is 0 Å². The lowest BCUT2D eigenvalue weighted by Crippen LogP contribution is -2.37. The number of hydrogen-bond acceptors (Lipinski definition) is 4. The van der Waals surface area contributed by atoms with E-state index in [1.165, 1.54) is 16.6 Å². The molecule has 2 aliphatic rings. The zero-order valence-corrected chi connectivity index (χ0v) is 12.5. The standard InChI is InChI=1S/C15H15NO5S/c17-15(18)11-8-10-4-5-12(11)16(10)22(19,20)13-3-1-2-9-6-7-21-14(9)13/h1-3,6-7,10-12H,4-5,8H2,(H,17,18). The van der Waals surface area contributed by atoms with Gasteiger partial charge in [0.15, 0.2) is 5.58 Å². The number of sulfonamides is 1. The number of fused-ring (bicyclic) bond motifs is 3. The first-order chi connectivity index (χ1) is 10.5. The molecule has 3 unspecified atom stereocenters. The highest BCUT2D eigenvalue weighted by Gasteiger charge is 2.54. The third-order valence-corrected chi connectivity index (χ3v) is 6.79. The molecule has 3 atom stereocenters. The fourth-order valence-corrected chi connectivity index (χ4v) is 5.93. The van der Waals surface area contributed by atoms with Gasteiger partial charge < -0.3 is 9.52 Å². The Kier molecular flexibility index (Phi) is 2.86. The molecule has 0 saturated carbocycles.